The molecule has 0 aromatic carbocycles. The number of carbonyl (C=O) groups is 1. The minimum atomic E-state index is -0.0381. The first-order chi connectivity index (χ1) is 10.1. The zero-order valence-corrected chi connectivity index (χ0v) is 14.3. The lowest BCUT2D eigenvalue weighted by Gasteiger charge is -2.29. The Morgan fingerprint density at radius 2 is 2.24 bits per heavy atom. The number of thiophene rings is 1. The van der Waals surface area contributed by atoms with E-state index in [0.717, 1.165) is 25.9 Å². The molecule has 0 radical (unpaired) electrons. The Kier molecular flexibility index (Phi) is 5.79. The van der Waals surface area contributed by atoms with Crippen LogP contribution in [0.2, 0.25) is 0 Å². The Hall–Kier alpha value is -0.910. The van der Waals surface area contributed by atoms with Crippen LogP contribution in [0.25, 0.3) is 0 Å². The molecule has 1 amide bonds. The molecule has 5 heteroatoms. The molecule has 2 heterocycles. The standard InChI is InChI=1S/C16H27N3OS/c1-5-12(3)18(4)8-9-19-15(13-7-10-21-11-13)17-14(6-2)16(19)20/h7,10-12,14-15,17H,5-6,8-9H2,1-4H3. The smallest absolute Gasteiger partial charge is 0.241 e. The minimum Gasteiger partial charge on any atom is -0.320 e. The predicted molar refractivity (Wildman–Crippen MR) is 88.4 cm³/mol. The molecule has 0 saturated carbocycles. The van der Waals surface area contributed by atoms with Gasteiger partial charge in [-0.2, -0.15) is 11.3 Å². The van der Waals surface area contributed by atoms with Crippen molar-refractivity contribution in [1.29, 1.82) is 0 Å². The van der Waals surface area contributed by atoms with Gasteiger partial charge in [-0.05, 0) is 49.2 Å². The number of likely N-dealkylation sites (N-methyl/N-ethyl adjacent to an activating group) is 1. The van der Waals surface area contributed by atoms with E-state index in [1.54, 1.807) is 11.3 Å². The Balaban J connectivity index is 2.05. The fourth-order valence-electron chi connectivity index (χ4n) is 2.72. The molecule has 4 nitrogen and oxygen atoms in total. The Morgan fingerprint density at radius 3 is 2.81 bits per heavy atom. The van der Waals surface area contributed by atoms with Crippen molar-refractivity contribution in [3.8, 4) is 0 Å². The fourth-order valence-corrected chi connectivity index (χ4v) is 3.39. The number of nitrogens with zero attached hydrogens (tertiary/aromatic N) is 2. The summed E-state index contributed by atoms with van der Waals surface area (Å²) in [6.45, 7) is 8.19. The summed E-state index contributed by atoms with van der Waals surface area (Å²) in [6.07, 6.45) is 2.02. The molecular formula is C16H27N3OS. The molecule has 1 fully saturated rings. The molecule has 0 aliphatic carbocycles. The molecular weight excluding hydrogens is 282 g/mol. The van der Waals surface area contributed by atoms with E-state index in [1.807, 2.05) is 4.90 Å². The molecule has 3 unspecified atom stereocenters. The largest absolute Gasteiger partial charge is 0.320 e. The van der Waals surface area contributed by atoms with E-state index in [-0.39, 0.29) is 18.1 Å². The summed E-state index contributed by atoms with van der Waals surface area (Å²) in [5, 5.41) is 7.68. The molecule has 21 heavy (non-hydrogen) atoms. The summed E-state index contributed by atoms with van der Waals surface area (Å²) in [5.74, 6) is 0.242. The molecule has 3 atom stereocenters. The van der Waals surface area contributed by atoms with Crippen LogP contribution in [-0.2, 0) is 4.79 Å². The maximum atomic E-state index is 12.5. The first kappa shape index (κ1) is 16.5. The van der Waals surface area contributed by atoms with Crippen LogP contribution in [0.4, 0.5) is 0 Å². The maximum absolute atomic E-state index is 12.5. The molecule has 0 bridgehead atoms. The second-order valence-electron chi connectivity index (χ2n) is 5.86. The quantitative estimate of drug-likeness (QED) is 0.841. The Labute approximate surface area is 132 Å². The van der Waals surface area contributed by atoms with Crippen molar-refractivity contribution < 1.29 is 4.79 Å². The lowest BCUT2D eigenvalue weighted by molar-refractivity contribution is -0.130. The SMILES string of the molecule is CCC1NC(c2ccsc2)N(CCN(C)C(C)CC)C1=O. The summed E-state index contributed by atoms with van der Waals surface area (Å²) < 4.78 is 0. The van der Waals surface area contributed by atoms with Crippen LogP contribution in [-0.4, -0.2) is 47.9 Å². The fraction of sp³-hybridized carbons (Fsp3) is 0.688. The summed E-state index contributed by atoms with van der Waals surface area (Å²) >= 11 is 1.68. The number of hydrogen-bond donors (Lipinski definition) is 1. The molecule has 1 saturated heterocycles. The lowest BCUT2D eigenvalue weighted by Crippen LogP contribution is -2.39. The average molecular weight is 309 g/mol. The van der Waals surface area contributed by atoms with Crippen molar-refractivity contribution in [1.82, 2.24) is 15.1 Å². The van der Waals surface area contributed by atoms with Crippen LogP contribution in [0.1, 0.15) is 45.3 Å². The van der Waals surface area contributed by atoms with Gasteiger partial charge < -0.3 is 9.80 Å². The van der Waals surface area contributed by atoms with Gasteiger partial charge in [-0.25, -0.2) is 0 Å². The zero-order valence-electron chi connectivity index (χ0n) is 13.5. The van der Waals surface area contributed by atoms with Gasteiger partial charge in [0.2, 0.25) is 5.91 Å². The number of rotatable bonds is 7. The summed E-state index contributed by atoms with van der Waals surface area (Å²) in [7, 11) is 2.14. The number of nitrogens with one attached hydrogen (secondary N) is 1. The van der Waals surface area contributed by atoms with E-state index >= 15 is 0 Å². The average Bonchev–Trinajstić information content (AvgIpc) is 3.11. The summed E-state index contributed by atoms with van der Waals surface area (Å²) in [6, 6.07) is 2.63. The highest BCUT2D eigenvalue weighted by atomic mass is 32.1. The summed E-state index contributed by atoms with van der Waals surface area (Å²) in [4.78, 5) is 16.9. The van der Waals surface area contributed by atoms with Crippen molar-refractivity contribution in [2.24, 2.45) is 0 Å². The van der Waals surface area contributed by atoms with Crippen LogP contribution in [0.3, 0.4) is 0 Å². The first-order valence-electron chi connectivity index (χ1n) is 7.87. The van der Waals surface area contributed by atoms with Crippen LogP contribution in [0.5, 0.6) is 0 Å². The molecule has 0 spiro atoms. The van der Waals surface area contributed by atoms with Gasteiger partial charge in [0.15, 0.2) is 0 Å². The minimum absolute atomic E-state index is 0.0381. The van der Waals surface area contributed by atoms with Crippen molar-refractivity contribution in [3.63, 3.8) is 0 Å². The molecule has 1 aromatic rings. The summed E-state index contributed by atoms with van der Waals surface area (Å²) in [5.41, 5.74) is 1.20. The number of carbonyl (C=O) groups excluding carboxylic acids is 1. The van der Waals surface area contributed by atoms with Gasteiger partial charge in [0.05, 0.1) is 6.04 Å². The van der Waals surface area contributed by atoms with Crippen LogP contribution < -0.4 is 5.32 Å². The topological polar surface area (TPSA) is 35.6 Å². The van der Waals surface area contributed by atoms with E-state index in [9.17, 15) is 4.79 Å². The molecule has 2 rings (SSSR count). The van der Waals surface area contributed by atoms with E-state index in [0.29, 0.717) is 6.04 Å². The molecule has 118 valence electrons. The second-order valence-corrected chi connectivity index (χ2v) is 6.64. The number of hydrogen-bond acceptors (Lipinski definition) is 4. The van der Waals surface area contributed by atoms with Gasteiger partial charge in [-0.3, -0.25) is 10.1 Å². The molecule has 1 aliphatic heterocycles. The van der Waals surface area contributed by atoms with Gasteiger partial charge in [0, 0.05) is 19.1 Å². The normalized spacial score (nSPS) is 24.0. The lowest BCUT2D eigenvalue weighted by atomic mass is 10.2. The van der Waals surface area contributed by atoms with Crippen molar-refractivity contribution in [2.75, 3.05) is 20.1 Å². The molecule has 1 aromatic heterocycles. The van der Waals surface area contributed by atoms with Crippen molar-refractivity contribution >= 4 is 17.2 Å². The van der Waals surface area contributed by atoms with Gasteiger partial charge in [-0.15, -0.1) is 0 Å². The monoisotopic (exact) mass is 309 g/mol. The van der Waals surface area contributed by atoms with E-state index in [4.69, 9.17) is 0 Å². The maximum Gasteiger partial charge on any atom is 0.241 e. The van der Waals surface area contributed by atoms with E-state index in [1.165, 1.54) is 5.56 Å². The van der Waals surface area contributed by atoms with Gasteiger partial charge >= 0.3 is 0 Å². The predicted octanol–water partition coefficient (Wildman–Crippen LogP) is 2.69. The van der Waals surface area contributed by atoms with Gasteiger partial charge in [0.1, 0.15) is 6.17 Å². The van der Waals surface area contributed by atoms with Crippen LogP contribution in [0, 0.1) is 0 Å². The van der Waals surface area contributed by atoms with Gasteiger partial charge in [0.25, 0.3) is 0 Å². The molecule has 1 N–H and O–H groups in total. The Bertz CT molecular complexity index is 448. The third kappa shape index (κ3) is 3.65. The third-order valence-electron chi connectivity index (χ3n) is 4.56. The first-order valence-corrected chi connectivity index (χ1v) is 8.81. The number of amides is 1. The van der Waals surface area contributed by atoms with Crippen LogP contribution in [0.15, 0.2) is 16.8 Å². The van der Waals surface area contributed by atoms with E-state index < -0.39 is 0 Å². The second kappa shape index (κ2) is 7.38. The highest BCUT2D eigenvalue weighted by Crippen LogP contribution is 2.27. The van der Waals surface area contributed by atoms with Crippen molar-refractivity contribution in [3.05, 3.63) is 22.4 Å². The highest BCUT2D eigenvalue weighted by Gasteiger charge is 2.38. The zero-order chi connectivity index (χ0) is 15.4. The van der Waals surface area contributed by atoms with Crippen molar-refractivity contribution in [2.45, 2.75) is 51.9 Å². The Morgan fingerprint density at radius 1 is 1.48 bits per heavy atom. The highest BCUT2D eigenvalue weighted by molar-refractivity contribution is 7.07. The third-order valence-corrected chi connectivity index (χ3v) is 5.26. The van der Waals surface area contributed by atoms with E-state index in [2.05, 4.69) is 54.9 Å². The van der Waals surface area contributed by atoms with Gasteiger partial charge in [-0.1, -0.05) is 13.8 Å². The molecule has 1 aliphatic rings. The van der Waals surface area contributed by atoms with Crippen LogP contribution >= 0.6 is 11.3 Å².